The number of fused-ring (bicyclic) bond motifs is 1. The Morgan fingerprint density at radius 3 is 2.73 bits per heavy atom. The van der Waals surface area contributed by atoms with Gasteiger partial charge in [0.2, 0.25) is 0 Å². The first-order valence-electron chi connectivity index (χ1n) is 8.51. The Balaban J connectivity index is 2.04. The van der Waals surface area contributed by atoms with E-state index in [2.05, 4.69) is 23.8 Å². The van der Waals surface area contributed by atoms with Crippen LogP contribution >= 0.6 is 11.3 Å². The summed E-state index contributed by atoms with van der Waals surface area (Å²) in [6.45, 7) is 8.01. The molecule has 3 rings (SSSR count). The van der Waals surface area contributed by atoms with Gasteiger partial charge in [-0.1, -0.05) is 26.0 Å². The number of rotatable bonds is 5. The van der Waals surface area contributed by atoms with Crippen molar-refractivity contribution >= 4 is 27.3 Å². The summed E-state index contributed by atoms with van der Waals surface area (Å²) in [6, 6.07) is 8.73. The molecule has 2 aromatic heterocycles. The number of hydrogen-bond donors (Lipinski definition) is 0. The fourth-order valence-electron chi connectivity index (χ4n) is 2.58. The second-order valence-corrected chi connectivity index (χ2v) is 7.37. The van der Waals surface area contributed by atoms with E-state index in [0.29, 0.717) is 5.75 Å². The van der Waals surface area contributed by atoms with E-state index in [0.717, 1.165) is 26.4 Å². The average molecular weight is 368 g/mol. The van der Waals surface area contributed by atoms with Gasteiger partial charge in [0.1, 0.15) is 5.75 Å². The summed E-state index contributed by atoms with van der Waals surface area (Å²) in [5.41, 5.74) is 2.68. The van der Waals surface area contributed by atoms with E-state index < -0.39 is 0 Å². The number of nitrogens with zero attached hydrogens (tertiary/aromatic N) is 2. The van der Waals surface area contributed by atoms with Gasteiger partial charge in [0, 0.05) is 18.5 Å². The number of benzene rings is 1. The molecule has 134 valence electrons. The number of thiophene rings is 1. The normalized spacial score (nSPS) is 12.5. The van der Waals surface area contributed by atoms with Crippen molar-refractivity contribution in [3.63, 3.8) is 0 Å². The smallest absolute Gasteiger partial charge is 0.165 e. The molecule has 0 aliphatic carbocycles. The number of hydrogen-bond acceptors (Lipinski definition) is 4. The van der Waals surface area contributed by atoms with Crippen molar-refractivity contribution in [3.05, 3.63) is 65.1 Å². The highest BCUT2D eigenvalue weighted by Gasteiger charge is 2.16. The molecule has 0 radical (unpaired) electrons. The molecule has 26 heavy (non-hydrogen) atoms. The predicted octanol–water partition coefficient (Wildman–Crippen LogP) is 6.51. The molecule has 0 unspecified atom stereocenters. The zero-order valence-corrected chi connectivity index (χ0v) is 16.1. The first-order chi connectivity index (χ1) is 12.5. The Bertz CT molecular complexity index is 989. The Morgan fingerprint density at radius 1 is 1.23 bits per heavy atom. The third-order valence-corrected chi connectivity index (χ3v) is 5.01. The molecule has 0 aliphatic rings. The Morgan fingerprint density at radius 2 is 2.04 bits per heavy atom. The molecule has 0 amide bonds. The molecule has 5 heteroatoms. The van der Waals surface area contributed by atoms with Gasteiger partial charge in [-0.2, -0.15) is 0 Å². The number of ether oxygens (including phenoxy) is 1. The summed E-state index contributed by atoms with van der Waals surface area (Å²) < 4.78 is 20.9. The summed E-state index contributed by atoms with van der Waals surface area (Å²) in [7, 11) is 0. The van der Waals surface area contributed by atoms with Gasteiger partial charge in [-0.15, -0.1) is 11.3 Å². The Labute approximate surface area is 156 Å². The maximum atomic E-state index is 14.2. The molecule has 0 spiro atoms. The summed E-state index contributed by atoms with van der Waals surface area (Å²) in [4.78, 5) is 10.0. The van der Waals surface area contributed by atoms with Gasteiger partial charge in [-0.25, -0.2) is 4.39 Å². The van der Waals surface area contributed by atoms with Gasteiger partial charge >= 0.3 is 0 Å². The van der Waals surface area contributed by atoms with Crippen molar-refractivity contribution in [2.75, 3.05) is 0 Å². The van der Waals surface area contributed by atoms with Gasteiger partial charge in [-0.3, -0.25) is 9.98 Å². The van der Waals surface area contributed by atoms with Gasteiger partial charge in [-0.05, 0) is 43.5 Å². The third-order valence-electron chi connectivity index (χ3n) is 3.85. The lowest BCUT2D eigenvalue weighted by Crippen LogP contribution is -2.06. The van der Waals surface area contributed by atoms with E-state index in [9.17, 15) is 4.39 Å². The average Bonchev–Trinajstić information content (AvgIpc) is 3.02. The number of aryl methyl sites for hydroxylation is 1. The Hall–Kier alpha value is -2.53. The summed E-state index contributed by atoms with van der Waals surface area (Å²) in [5, 5.41) is 0. The van der Waals surface area contributed by atoms with Crippen molar-refractivity contribution in [2.24, 2.45) is 10.9 Å². The van der Waals surface area contributed by atoms with E-state index in [1.54, 1.807) is 35.9 Å². The minimum Gasteiger partial charge on any atom is -0.453 e. The molecule has 0 saturated heterocycles. The van der Waals surface area contributed by atoms with Crippen LogP contribution in [0.1, 0.15) is 31.2 Å². The third kappa shape index (κ3) is 3.83. The van der Waals surface area contributed by atoms with Gasteiger partial charge in [0.15, 0.2) is 11.6 Å². The molecule has 0 bridgehead atoms. The molecular weight excluding hydrogens is 347 g/mol. The van der Waals surface area contributed by atoms with E-state index in [-0.39, 0.29) is 17.5 Å². The fourth-order valence-corrected chi connectivity index (χ4v) is 3.79. The first kappa shape index (κ1) is 18.3. The highest BCUT2D eigenvalue weighted by atomic mass is 32.1. The number of aromatic nitrogens is 1. The van der Waals surface area contributed by atoms with Crippen LogP contribution in [0.4, 0.5) is 4.39 Å². The SMILES string of the molecule is C/C=C\N=C(\c1cc2nccc(Oc3ccc(C)cc3F)c2s1)C(C)C. The summed E-state index contributed by atoms with van der Waals surface area (Å²) >= 11 is 1.56. The van der Waals surface area contributed by atoms with Gasteiger partial charge < -0.3 is 4.74 Å². The van der Waals surface area contributed by atoms with Crippen LogP contribution in [0.25, 0.3) is 10.2 Å². The number of pyridine rings is 1. The zero-order valence-electron chi connectivity index (χ0n) is 15.3. The maximum Gasteiger partial charge on any atom is 0.165 e. The quantitative estimate of drug-likeness (QED) is 0.481. The van der Waals surface area contributed by atoms with Crippen LogP contribution < -0.4 is 4.74 Å². The van der Waals surface area contributed by atoms with Crippen LogP contribution in [0.3, 0.4) is 0 Å². The standard InChI is InChI=1S/C21H21FN2OS/c1-5-9-24-20(13(2)3)19-12-16-21(26-19)18(8-10-23-16)25-17-7-6-14(4)11-15(17)22/h5-13H,1-4H3/b9-5-,24-20+. The van der Waals surface area contributed by atoms with E-state index in [1.165, 1.54) is 6.07 Å². The number of allylic oxidation sites excluding steroid dienone is 1. The molecule has 0 N–H and O–H groups in total. The van der Waals surface area contributed by atoms with Crippen LogP contribution in [0, 0.1) is 18.7 Å². The summed E-state index contributed by atoms with van der Waals surface area (Å²) in [5.74, 6) is 0.718. The van der Waals surface area contributed by atoms with Gasteiger partial charge in [0.05, 0.1) is 20.8 Å². The summed E-state index contributed by atoms with van der Waals surface area (Å²) in [6.07, 6.45) is 5.38. The monoisotopic (exact) mass is 368 g/mol. The van der Waals surface area contributed by atoms with Crippen LogP contribution in [-0.4, -0.2) is 10.7 Å². The van der Waals surface area contributed by atoms with E-state index in [1.807, 2.05) is 32.1 Å². The van der Waals surface area contributed by atoms with Crippen LogP contribution in [0.5, 0.6) is 11.5 Å². The fraction of sp³-hybridized carbons (Fsp3) is 0.238. The largest absolute Gasteiger partial charge is 0.453 e. The number of halogens is 1. The van der Waals surface area contributed by atoms with Crippen molar-refractivity contribution < 1.29 is 9.13 Å². The molecule has 3 nitrogen and oxygen atoms in total. The highest BCUT2D eigenvalue weighted by molar-refractivity contribution is 7.21. The first-order valence-corrected chi connectivity index (χ1v) is 9.33. The van der Waals surface area contributed by atoms with Crippen molar-refractivity contribution in [1.29, 1.82) is 0 Å². The second-order valence-electron chi connectivity index (χ2n) is 6.32. The lowest BCUT2D eigenvalue weighted by Gasteiger charge is -2.08. The molecule has 3 aromatic rings. The molecule has 0 aliphatic heterocycles. The predicted molar refractivity (Wildman–Crippen MR) is 107 cm³/mol. The maximum absolute atomic E-state index is 14.2. The van der Waals surface area contributed by atoms with Gasteiger partial charge in [0.25, 0.3) is 0 Å². The molecule has 2 heterocycles. The minimum atomic E-state index is -0.371. The number of aliphatic imine (C=N–C) groups is 1. The molecule has 0 fully saturated rings. The topological polar surface area (TPSA) is 34.5 Å². The van der Waals surface area contributed by atoms with Crippen LogP contribution in [-0.2, 0) is 0 Å². The van der Waals surface area contributed by atoms with Crippen molar-refractivity contribution in [1.82, 2.24) is 4.98 Å². The molecule has 1 aromatic carbocycles. The lowest BCUT2D eigenvalue weighted by molar-refractivity contribution is 0.446. The Kier molecular flexibility index (Phi) is 5.47. The second kappa shape index (κ2) is 7.79. The molecule has 0 saturated carbocycles. The molecular formula is C21H21FN2OS. The highest BCUT2D eigenvalue weighted by Crippen LogP contribution is 2.36. The van der Waals surface area contributed by atoms with E-state index in [4.69, 9.17) is 4.74 Å². The van der Waals surface area contributed by atoms with Crippen molar-refractivity contribution in [3.8, 4) is 11.5 Å². The lowest BCUT2D eigenvalue weighted by atomic mass is 10.1. The van der Waals surface area contributed by atoms with Crippen LogP contribution in [0.15, 0.2) is 53.8 Å². The zero-order chi connectivity index (χ0) is 18.7. The molecule has 0 atom stereocenters. The van der Waals surface area contributed by atoms with E-state index >= 15 is 0 Å². The van der Waals surface area contributed by atoms with Crippen molar-refractivity contribution in [2.45, 2.75) is 27.7 Å². The van der Waals surface area contributed by atoms with Crippen LogP contribution in [0.2, 0.25) is 0 Å². The minimum absolute atomic E-state index is 0.213.